The normalized spacial score (nSPS) is 13.2. The van der Waals surface area contributed by atoms with Gasteiger partial charge < -0.3 is 15.8 Å². The zero-order chi connectivity index (χ0) is 14.6. The molecule has 0 aromatic heterocycles. The van der Waals surface area contributed by atoms with Crippen molar-refractivity contribution in [3.63, 3.8) is 0 Å². The van der Waals surface area contributed by atoms with Crippen molar-refractivity contribution >= 4 is 27.7 Å². The maximum Gasteiger partial charge on any atom is 0.256 e. The summed E-state index contributed by atoms with van der Waals surface area (Å²) in [6.07, 6.45) is 0. The Labute approximate surface area is 119 Å². The van der Waals surface area contributed by atoms with Gasteiger partial charge in [0.2, 0.25) is 0 Å². The molecule has 0 aliphatic carbocycles. The lowest BCUT2D eigenvalue weighted by Crippen LogP contribution is -2.36. The van der Waals surface area contributed by atoms with E-state index in [4.69, 9.17) is 10.9 Å². The summed E-state index contributed by atoms with van der Waals surface area (Å²) >= 11 is 3.13. The summed E-state index contributed by atoms with van der Waals surface area (Å²) in [4.78, 5) is 13.4. The van der Waals surface area contributed by atoms with Crippen LogP contribution in [-0.2, 0) is 0 Å². The number of nitrogens with zero attached hydrogens (tertiary/aromatic N) is 2. The molecule has 1 aromatic carbocycles. The Hall–Kier alpha value is -1.63. The van der Waals surface area contributed by atoms with Crippen molar-refractivity contribution < 1.29 is 14.4 Å². The van der Waals surface area contributed by atoms with Gasteiger partial charge in [0.15, 0.2) is 0 Å². The van der Waals surface area contributed by atoms with Gasteiger partial charge in [-0.05, 0) is 18.2 Å². The quantitative estimate of drug-likeness (QED) is 0.383. The molecule has 1 atom stereocenters. The van der Waals surface area contributed by atoms with Gasteiger partial charge in [-0.1, -0.05) is 28.0 Å². The van der Waals surface area contributed by atoms with Crippen LogP contribution in [0.4, 0.5) is 4.39 Å². The highest BCUT2D eigenvalue weighted by molar-refractivity contribution is 9.10. The van der Waals surface area contributed by atoms with Crippen LogP contribution in [0.1, 0.15) is 17.3 Å². The first-order valence-corrected chi connectivity index (χ1v) is 6.34. The lowest BCUT2D eigenvalue weighted by atomic mass is 10.1. The second-order valence-corrected chi connectivity index (χ2v) is 5.15. The van der Waals surface area contributed by atoms with Crippen molar-refractivity contribution in [2.45, 2.75) is 6.92 Å². The van der Waals surface area contributed by atoms with Gasteiger partial charge in [-0.15, -0.1) is 0 Å². The molecular formula is C12H15BrFN3O2. The average Bonchev–Trinajstić information content (AvgIpc) is 2.36. The zero-order valence-electron chi connectivity index (χ0n) is 10.6. The van der Waals surface area contributed by atoms with Crippen molar-refractivity contribution in [2.24, 2.45) is 16.8 Å². The van der Waals surface area contributed by atoms with Crippen molar-refractivity contribution in [3.8, 4) is 0 Å². The monoisotopic (exact) mass is 331 g/mol. The van der Waals surface area contributed by atoms with Crippen molar-refractivity contribution in [2.75, 3.05) is 13.6 Å². The highest BCUT2D eigenvalue weighted by atomic mass is 79.9. The molecule has 5 nitrogen and oxygen atoms in total. The predicted molar refractivity (Wildman–Crippen MR) is 73.6 cm³/mol. The fraction of sp³-hybridized carbons (Fsp3) is 0.333. The molecule has 0 saturated heterocycles. The number of halogens is 2. The molecule has 1 unspecified atom stereocenters. The molecule has 1 aromatic rings. The van der Waals surface area contributed by atoms with Crippen LogP contribution in [0.25, 0.3) is 0 Å². The predicted octanol–water partition coefficient (Wildman–Crippen LogP) is 2.04. The molecule has 104 valence electrons. The summed E-state index contributed by atoms with van der Waals surface area (Å²) in [6.45, 7) is 1.93. The Balaban J connectivity index is 2.82. The summed E-state index contributed by atoms with van der Waals surface area (Å²) in [7, 11) is 1.53. The van der Waals surface area contributed by atoms with Crippen LogP contribution in [0.3, 0.4) is 0 Å². The number of hydrogen-bond acceptors (Lipinski definition) is 3. The minimum atomic E-state index is -0.595. The van der Waals surface area contributed by atoms with Crippen LogP contribution < -0.4 is 5.73 Å². The molecule has 19 heavy (non-hydrogen) atoms. The van der Waals surface area contributed by atoms with E-state index >= 15 is 0 Å². The molecule has 0 saturated carbocycles. The lowest BCUT2D eigenvalue weighted by Gasteiger charge is -2.21. The average molecular weight is 332 g/mol. The molecule has 0 heterocycles. The second-order valence-electron chi connectivity index (χ2n) is 4.24. The van der Waals surface area contributed by atoms with E-state index in [1.165, 1.54) is 24.1 Å². The fourth-order valence-corrected chi connectivity index (χ4v) is 1.89. The first-order chi connectivity index (χ1) is 8.86. The maximum absolute atomic E-state index is 13.7. The molecule has 7 heteroatoms. The Morgan fingerprint density at radius 1 is 1.63 bits per heavy atom. The molecule has 1 rings (SSSR count). The van der Waals surface area contributed by atoms with E-state index in [1.54, 1.807) is 13.0 Å². The van der Waals surface area contributed by atoms with Crippen molar-refractivity contribution in [1.82, 2.24) is 4.90 Å². The molecule has 0 spiro atoms. The molecule has 1 amide bonds. The van der Waals surface area contributed by atoms with Crippen molar-refractivity contribution in [1.29, 1.82) is 0 Å². The molecule has 0 bridgehead atoms. The second kappa shape index (κ2) is 6.51. The van der Waals surface area contributed by atoms with Gasteiger partial charge in [-0.2, -0.15) is 0 Å². The topological polar surface area (TPSA) is 78.9 Å². The number of oxime groups is 1. The number of carbonyl (C=O) groups excluding carboxylic acids is 1. The summed E-state index contributed by atoms with van der Waals surface area (Å²) < 4.78 is 14.2. The molecule has 3 N–H and O–H groups in total. The molecule has 0 radical (unpaired) electrons. The van der Waals surface area contributed by atoms with Crippen LogP contribution >= 0.6 is 15.9 Å². The number of benzene rings is 1. The summed E-state index contributed by atoms with van der Waals surface area (Å²) in [6, 6.07) is 4.23. The van der Waals surface area contributed by atoms with E-state index in [2.05, 4.69) is 21.1 Å². The van der Waals surface area contributed by atoms with Gasteiger partial charge >= 0.3 is 0 Å². The summed E-state index contributed by atoms with van der Waals surface area (Å²) in [5.74, 6) is -1.35. The van der Waals surface area contributed by atoms with E-state index in [-0.39, 0.29) is 23.9 Å². The Morgan fingerprint density at radius 3 is 2.79 bits per heavy atom. The third-order valence-electron chi connectivity index (χ3n) is 2.68. The summed E-state index contributed by atoms with van der Waals surface area (Å²) in [5, 5.41) is 11.4. The number of rotatable bonds is 4. The third kappa shape index (κ3) is 3.92. The Kier molecular flexibility index (Phi) is 5.29. The fourth-order valence-electron chi connectivity index (χ4n) is 1.55. The SMILES string of the molecule is CC(CN(C)C(=O)c1ccc(Br)cc1F)C(N)=NO. The van der Waals surface area contributed by atoms with Crippen molar-refractivity contribution in [3.05, 3.63) is 34.1 Å². The number of nitrogens with two attached hydrogens (primary N) is 1. The van der Waals surface area contributed by atoms with E-state index in [0.29, 0.717) is 4.47 Å². The first kappa shape index (κ1) is 15.4. The first-order valence-electron chi connectivity index (χ1n) is 5.54. The number of amidine groups is 1. The van der Waals surface area contributed by atoms with E-state index in [9.17, 15) is 9.18 Å². The Bertz CT molecular complexity index is 508. The van der Waals surface area contributed by atoms with Crippen LogP contribution in [0.2, 0.25) is 0 Å². The van der Waals surface area contributed by atoms with Crippen LogP contribution in [0, 0.1) is 11.7 Å². The van der Waals surface area contributed by atoms with Gasteiger partial charge in [-0.3, -0.25) is 4.79 Å². The van der Waals surface area contributed by atoms with Crippen LogP contribution in [0.5, 0.6) is 0 Å². The van der Waals surface area contributed by atoms with Crippen LogP contribution in [0.15, 0.2) is 27.8 Å². The number of amides is 1. The lowest BCUT2D eigenvalue weighted by molar-refractivity contribution is 0.0781. The minimum absolute atomic E-state index is 0.0163. The van der Waals surface area contributed by atoms with Gasteiger partial charge in [0, 0.05) is 24.0 Å². The van der Waals surface area contributed by atoms with E-state index in [1.807, 2.05) is 0 Å². The third-order valence-corrected chi connectivity index (χ3v) is 3.17. The van der Waals surface area contributed by atoms with Gasteiger partial charge in [0.05, 0.1) is 5.56 Å². The van der Waals surface area contributed by atoms with Gasteiger partial charge in [0.25, 0.3) is 5.91 Å². The largest absolute Gasteiger partial charge is 0.409 e. The zero-order valence-corrected chi connectivity index (χ0v) is 12.2. The highest BCUT2D eigenvalue weighted by Crippen LogP contribution is 2.17. The maximum atomic E-state index is 13.7. The van der Waals surface area contributed by atoms with Gasteiger partial charge in [-0.25, -0.2) is 4.39 Å². The molecule has 0 aliphatic heterocycles. The van der Waals surface area contributed by atoms with E-state index in [0.717, 1.165) is 0 Å². The standard InChI is InChI=1S/C12H15BrFN3O2/c1-7(11(15)16-19)6-17(2)12(18)9-4-3-8(13)5-10(9)14/h3-5,7,19H,6H2,1-2H3,(H2,15,16). The minimum Gasteiger partial charge on any atom is -0.409 e. The van der Waals surface area contributed by atoms with E-state index < -0.39 is 11.7 Å². The van der Waals surface area contributed by atoms with Gasteiger partial charge in [0.1, 0.15) is 11.7 Å². The summed E-state index contributed by atoms with van der Waals surface area (Å²) in [5.41, 5.74) is 5.42. The molecule has 0 fully saturated rings. The number of hydrogen-bond donors (Lipinski definition) is 2. The Morgan fingerprint density at radius 2 is 2.26 bits per heavy atom. The highest BCUT2D eigenvalue weighted by Gasteiger charge is 2.19. The van der Waals surface area contributed by atoms with Crippen LogP contribution in [-0.4, -0.2) is 35.4 Å². The smallest absolute Gasteiger partial charge is 0.256 e. The molecular weight excluding hydrogens is 317 g/mol. The number of carbonyl (C=O) groups is 1. The molecule has 0 aliphatic rings.